The Morgan fingerprint density at radius 3 is 2.75 bits per heavy atom. The number of carbonyl (C=O) groups excluding carboxylic acids is 1. The van der Waals surface area contributed by atoms with Gasteiger partial charge in [-0.1, -0.05) is 34.1 Å². The molecule has 0 bridgehead atoms. The highest BCUT2D eigenvalue weighted by Crippen LogP contribution is 2.37. The molecule has 168 valence electrons. The molecule has 1 aromatic heterocycles. The van der Waals surface area contributed by atoms with Crippen molar-refractivity contribution >= 4 is 21.9 Å². The van der Waals surface area contributed by atoms with Crippen molar-refractivity contribution in [2.75, 3.05) is 13.2 Å². The van der Waals surface area contributed by atoms with E-state index in [9.17, 15) is 4.79 Å². The van der Waals surface area contributed by atoms with Crippen molar-refractivity contribution in [2.24, 2.45) is 7.05 Å². The average Bonchev–Trinajstić information content (AvgIpc) is 3.29. The second-order valence-corrected chi connectivity index (χ2v) is 9.15. The van der Waals surface area contributed by atoms with E-state index in [1.54, 1.807) is 0 Å². The van der Waals surface area contributed by atoms with Crippen molar-refractivity contribution in [3.05, 3.63) is 69.5 Å². The standard InChI is InChI=1S/C26H29BrN2O3/c1-4-31-25(30)16-20-6-5-19-15-22(11-12-23(19)20)32-14-13-24-17(2)28-26(29(24)3)18-7-9-21(27)10-8-18/h7-12,15,20H,4-6,13-14,16H2,1-3H3/t20-/m0/s1. The predicted molar refractivity (Wildman–Crippen MR) is 129 cm³/mol. The molecule has 1 atom stereocenters. The molecule has 0 unspecified atom stereocenters. The Balaban J connectivity index is 1.38. The van der Waals surface area contributed by atoms with E-state index in [0.717, 1.165) is 46.6 Å². The lowest BCUT2D eigenvalue weighted by Gasteiger charge is -2.12. The quantitative estimate of drug-likeness (QED) is 0.371. The highest BCUT2D eigenvalue weighted by atomic mass is 79.9. The normalized spacial score (nSPS) is 14.9. The molecule has 4 rings (SSSR count). The summed E-state index contributed by atoms with van der Waals surface area (Å²) in [5.41, 5.74) is 5.85. The number of nitrogens with zero attached hydrogens (tertiary/aromatic N) is 2. The van der Waals surface area contributed by atoms with Gasteiger partial charge in [-0.2, -0.15) is 0 Å². The van der Waals surface area contributed by atoms with Crippen molar-refractivity contribution in [3.63, 3.8) is 0 Å². The maximum Gasteiger partial charge on any atom is 0.306 e. The Hall–Kier alpha value is -2.60. The van der Waals surface area contributed by atoms with Crippen LogP contribution in [0.25, 0.3) is 11.4 Å². The summed E-state index contributed by atoms with van der Waals surface area (Å²) in [6.45, 7) is 4.92. The van der Waals surface area contributed by atoms with Gasteiger partial charge in [-0.05, 0) is 68.0 Å². The Morgan fingerprint density at radius 1 is 1.22 bits per heavy atom. The van der Waals surface area contributed by atoms with Gasteiger partial charge in [-0.15, -0.1) is 0 Å². The number of imidazole rings is 1. The van der Waals surface area contributed by atoms with Crippen LogP contribution in [0.2, 0.25) is 0 Å². The molecule has 1 aliphatic rings. The Labute approximate surface area is 197 Å². The highest BCUT2D eigenvalue weighted by Gasteiger charge is 2.25. The highest BCUT2D eigenvalue weighted by molar-refractivity contribution is 9.10. The summed E-state index contributed by atoms with van der Waals surface area (Å²) in [5.74, 6) is 2.00. The zero-order chi connectivity index (χ0) is 22.7. The van der Waals surface area contributed by atoms with Gasteiger partial charge in [0.05, 0.1) is 25.3 Å². The third-order valence-electron chi connectivity index (χ3n) is 6.16. The summed E-state index contributed by atoms with van der Waals surface area (Å²) in [6, 6.07) is 14.5. The van der Waals surface area contributed by atoms with Crippen LogP contribution in [0.15, 0.2) is 46.9 Å². The zero-order valence-corrected chi connectivity index (χ0v) is 20.4. The van der Waals surface area contributed by atoms with E-state index in [0.29, 0.717) is 19.6 Å². The van der Waals surface area contributed by atoms with Crippen molar-refractivity contribution in [1.82, 2.24) is 9.55 Å². The van der Waals surface area contributed by atoms with Crippen LogP contribution in [-0.4, -0.2) is 28.7 Å². The number of rotatable bonds is 8. The van der Waals surface area contributed by atoms with Gasteiger partial charge in [-0.3, -0.25) is 4.79 Å². The Kier molecular flexibility index (Phi) is 6.99. The molecule has 0 saturated carbocycles. The number of benzene rings is 2. The maximum atomic E-state index is 11.9. The minimum atomic E-state index is -0.111. The molecule has 0 N–H and O–H groups in total. The molecule has 0 amide bonds. The lowest BCUT2D eigenvalue weighted by molar-refractivity contribution is -0.143. The number of aromatic nitrogens is 2. The minimum absolute atomic E-state index is 0.111. The van der Waals surface area contributed by atoms with E-state index in [1.165, 1.54) is 16.8 Å². The fourth-order valence-electron chi connectivity index (χ4n) is 4.55. The molecule has 0 fully saturated rings. The van der Waals surface area contributed by atoms with Crippen LogP contribution in [0.5, 0.6) is 5.75 Å². The van der Waals surface area contributed by atoms with Crippen LogP contribution in [0.3, 0.4) is 0 Å². The number of ether oxygens (including phenoxy) is 2. The van der Waals surface area contributed by atoms with Crippen LogP contribution < -0.4 is 4.74 Å². The summed E-state index contributed by atoms with van der Waals surface area (Å²) in [7, 11) is 2.06. The van der Waals surface area contributed by atoms with Gasteiger partial charge in [-0.25, -0.2) is 4.98 Å². The first-order chi connectivity index (χ1) is 15.5. The molecule has 5 nitrogen and oxygen atoms in total. The molecule has 6 heteroatoms. The molecule has 0 aliphatic heterocycles. The first-order valence-corrected chi connectivity index (χ1v) is 11.9. The number of hydrogen-bond donors (Lipinski definition) is 0. The fraction of sp³-hybridized carbons (Fsp3) is 0.385. The molecular formula is C26H29BrN2O3. The van der Waals surface area contributed by atoms with Crippen LogP contribution >= 0.6 is 15.9 Å². The maximum absolute atomic E-state index is 11.9. The minimum Gasteiger partial charge on any atom is -0.493 e. The van der Waals surface area contributed by atoms with E-state index in [2.05, 4.69) is 58.7 Å². The first kappa shape index (κ1) is 22.6. The monoisotopic (exact) mass is 496 g/mol. The van der Waals surface area contributed by atoms with Crippen molar-refractivity contribution in [1.29, 1.82) is 0 Å². The van der Waals surface area contributed by atoms with Crippen molar-refractivity contribution in [3.8, 4) is 17.1 Å². The van der Waals surface area contributed by atoms with Crippen LogP contribution in [0, 0.1) is 6.92 Å². The molecule has 0 radical (unpaired) electrons. The van der Waals surface area contributed by atoms with Gasteiger partial charge in [0.2, 0.25) is 0 Å². The summed E-state index contributed by atoms with van der Waals surface area (Å²) >= 11 is 3.49. The van der Waals surface area contributed by atoms with Gasteiger partial charge < -0.3 is 14.0 Å². The molecule has 3 aromatic rings. The van der Waals surface area contributed by atoms with Gasteiger partial charge in [0, 0.05) is 29.2 Å². The summed E-state index contributed by atoms with van der Waals surface area (Å²) in [6.07, 6.45) is 3.22. The number of aryl methyl sites for hydroxylation is 2. The number of halogens is 1. The van der Waals surface area contributed by atoms with E-state index in [4.69, 9.17) is 14.5 Å². The summed E-state index contributed by atoms with van der Waals surface area (Å²) < 4.78 is 14.4. The second-order valence-electron chi connectivity index (χ2n) is 8.24. The van der Waals surface area contributed by atoms with Gasteiger partial charge in [0.1, 0.15) is 11.6 Å². The first-order valence-electron chi connectivity index (χ1n) is 11.2. The van der Waals surface area contributed by atoms with Crippen LogP contribution in [0.4, 0.5) is 0 Å². The number of esters is 1. The van der Waals surface area contributed by atoms with E-state index < -0.39 is 0 Å². The van der Waals surface area contributed by atoms with E-state index >= 15 is 0 Å². The third kappa shape index (κ3) is 4.90. The van der Waals surface area contributed by atoms with E-state index in [1.807, 2.05) is 25.1 Å². The number of carbonyl (C=O) groups is 1. The van der Waals surface area contributed by atoms with Crippen molar-refractivity contribution in [2.45, 2.75) is 45.4 Å². The molecule has 0 saturated heterocycles. The number of hydrogen-bond acceptors (Lipinski definition) is 4. The Morgan fingerprint density at radius 2 is 2.00 bits per heavy atom. The topological polar surface area (TPSA) is 53.4 Å². The number of fused-ring (bicyclic) bond motifs is 1. The Bertz CT molecular complexity index is 1110. The van der Waals surface area contributed by atoms with Gasteiger partial charge >= 0.3 is 5.97 Å². The van der Waals surface area contributed by atoms with Gasteiger partial charge in [0.15, 0.2) is 0 Å². The smallest absolute Gasteiger partial charge is 0.306 e. The summed E-state index contributed by atoms with van der Waals surface area (Å²) in [4.78, 5) is 16.6. The zero-order valence-electron chi connectivity index (χ0n) is 18.9. The van der Waals surface area contributed by atoms with Gasteiger partial charge in [0.25, 0.3) is 0 Å². The lowest BCUT2D eigenvalue weighted by atomic mass is 9.98. The van der Waals surface area contributed by atoms with Crippen LogP contribution in [0.1, 0.15) is 48.2 Å². The molecule has 0 spiro atoms. The lowest BCUT2D eigenvalue weighted by Crippen LogP contribution is -2.09. The predicted octanol–water partition coefficient (Wildman–Crippen LogP) is 5.76. The van der Waals surface area contributed by atoms with Crippen molar-refractivity contribution < 1.29 is 14.3 Å². The molecule has 32 heavy (non-hydrogen) atoms. The molecule has 1 aliphatic carbocycles. The fourth-order valence-corrected chi connectivity index (χ4v) is 4.81. The van der Waals surface area contributed by atoms with E-state index in [-0.39, 0.29) is 11.9 Å². The molecule has 1 heterocycles. The largest absolute Gasteiger partial charge is 0.493 e. The molecule has 2 aromatic carbocycles. The average molecular weight is 497 g/mol. The SMILES string of the molecule is CCOC(=O)C[C@@H]1CCc2cc(OCCc3c(C)nc(-c4ccc(Br)cc4)n3C)ccc21. The molecular weight excluding hydrogens is 468 g/mol. The second kappa shape index (κ2) is 9.90. The third-order valence-corrected chi connectivity index (χ3v) is 6.69. The van der Waals surface area contributed by atoms with Crippen LogP contribution in [-0.2, 0) is 29.4 Å². The summed E-state index contributed by atoms with van der Waals surface area (Å²) in [5, 5.41) is 0.